The summed E-state index contributed by atoms with van der Waals surface area (Å²) in [4.78, 5) is 0. The van der Waals surface area contributed by atoms with Gasteiger partial charge in [-0.15, -0.1) is 0 Å². The van der Waals surface area contributed by atoms with Crippen LogP contribution >= 0.6 is 11.6 Å². The van der Waals surface area contributed by atoms with E-state index >= 15 is 0 Å². The molecule has 94 valence electrons. The summed E-state index contributed by atoms with van der Waals surface area (Å²) in [6, 6.07) is 5.76. The van der Waals surface area contributed by atoms with Gasteiger partial charge >= 0.3 is 0 Å². The van der Waals surface area contributed by atoms with Crippen LogP contribution in [0.3, 0.4) is 0 Å². The molecule has 1 saturated heterocycles. The molecule has 17 heavy (non-hydrogen) atoms. The second-order valence-electron chi connectivity index (χ2n) is 4.47. The Balaban J connectivity index is 2.31. The Bertz CT molecular complexity index is 387. The van der Waals surface area contributed by atoms with Gasteiger partial charge < -0.3 is 15.2 Å². The van der Waals surface area contributed by atoms with Crippen LogP contribution < -0.4 is 10.5 Å². The van der Waals surface area contributed by atoms with Gasteiger partial charge in [-0.05, 0) is 37.0 Å². The van der Waals surface area contributed by atoms with Gasteiger partial charge in [0.25, 0.3) is 0 Å². The van der Waals surface area contributed by atoms with Crippen LogP contribution in [0.1, 0.15) is 24.8 Å². The molecule has 1 aromatic carbocycles. The number of ether oxygens (including phenoxy) is 2. The Morgan fingerprint density at radius 2 is 2.18 bits per heavy atom. The predicted octanol–water partition coefficient (Wildman–Crippen LogP) is 2.70. The van der Waals surface area contributed by atoms with Crippen LogP contribution in [0.25, 0.3) is 0 Å². The number of rotatable bonds is 2. The highest BCUT2D eigenvalue weighted by Gasteiger charge is 2.29. The molecular formula is C13H18ClNO2. The summed E-state index contributed by atoms with van der Waals surface area (Å²) < 4.78 is 10.7. The van der Waals surface area contributed by atoms with Gasteiger partial charge in [-0.1, -0.05) is 17.7 Å². The van der Waals surface area contributed by atoms with E-state index in [1.54, 1.807) is 7.11 Å². The van der Waals surface area contributed by atoms with Gasteiger partial charge in [0.1, 0.15) is 5.75 Å². The zero-order valence-electron chi connectivity index (χ0n) is 10.0. The van der Waals surface area contributed by atoms with Gasteiger partial charge in [0, 0.05) is 18.8 Å². The molecule has 1 aliphatic heterocycles. The highest BCUT2D eigenvalue weighted by Crippen LogP contribution is 2.34. The SMILES string of the molecule is COc1cc(C2(N)CCCOCC2)ccc1Cl. The highest BCUT2D eigenvalue weighted by atomic mass is 35.5. The maximum atomic E-state index is 6.48. The number of methoxy groups -OCH3 is 1. The second-order valence-corrected chi connectivity index (χ2v) is 4.88. The molecule has 1 fully saturated rings. The van der Waals surface area contributed by atoms with Crippen molar-refractivity contribution in [2.75, 3.05) is 20.3 Å². The van der Waals surface area contributed by atoms with E-state index in [0.717, 1.165) is 31.4 Å². The second kappa shape index (κ2) is 5.25. The van der Waals surface area contributed by atoms with Crippen molar-refractivity contribution in [3.63, 3.8) is 0 Å². The molecule has 2 rings (SSSR count). The molecule has 1 aromatic rings. The molecule has 1 heterocycles. The summed E-state index contributed by atoms with van der Waals surface area (Å²) in [5.74, 6) is 0.680. The zero-order chi connectivity index (χ0) is 12.3. The maximum Gasteiger partial charge on any atom is 0.137 e. The third-order valence-corrected chi connectivity index (χ3v) is 3.64. The van der Waals surface area contributed by atoms with E-state index in [0.29, 0.717) is 17.4 Å². The van der Waals surface area contributed by atoms with Crippen LogP contribution in [0, 0.1) is 0 Å². The summed E-state index contributed by atoms with van der Waals surface area (Å²) in [5.41, 5.74) is 7.22. The van der Waals surface area contributed by atoms with Crippen molar-refractivity contribution in [1.82, 2.24) is 0 Å². The number of benzene rings is 1. The Hall–Kier alpha value is -0.770. The lowest BCUT2D eigenvalue weighted by atomic mass is 9.84. The molecule has 0 spiro atoms. The number of hydrogen-bond acceptors (Lipinski definition) is 3. The molecule has 4 heteroatoms. The molecule has 3 nitrogen and oxygen atoms in total. The lowest BCUT2D eigenvalue weighted by Gasteiger charge is -2.28. The van der Waals surface area contributed by atoms with E-state index in [1.165, 1.54) is 0 Å². The molecule has 0 aromatic heterocycles. The molecule has 1 atom stereocenters. The molecule has 2 N–H and O–H groups in total. The lowest BCUT2D eigenvalue weighted by molar-refractivity contribution is 0.139. The first kappa shape index (κ1) is 12.7. The quantitative estimate of drug-likeness (QED) is 0.884. The molecule has 0 aliphatic carbocycles. The topological polar surface area (TPSA) is 44.5 Å². The Labute approximate surface area is 107 Å². The third kappa shape index (κ3) is 2.73. The van der Waals surface area contributed by atoms with Gasteiger partial charge in [0.05, 0.1) is 12.1 Å². The van der Waals surface area contributed by atoms with Crippen molar-refractivity contribution < 1.29 is 9.47 Å². The summed E-state index contributed by atoms with van der Waals surface area (Å²) in [5, 5.41) is 0.615. The summed E-state index contributed by atoms with van der Waals surface area (Å²) in [6.45, 7) is 1.51. The Morgan fingerprint density at radius 3 is 2.94 bits per heavy atom. The monoisotopic (exact) mass is 255 g/mol. The van der Waals surface area contributed by atoms with E-state index < -0.39 is 0 Å². The molecule has 1 unspecified atom stereocenters. The van der Waals surface area contributed by atoms with Gasteiger partial charge in [0.15, 0.2) is 0 Å². The predicted molar refractivity (Wildman–Crippen MR) is 68.5 cm³/mol. The van der Waals surface area contributed by atoms with Gasteiger partial charge in [-0.25, -0.2) is 0 Å². The molecule has 1 aliphatic rings. The first-order valence-corrected chi connectivity index (χ1v) is 6.24. The highest BCUT2D eigenvalue weighted by molar-refractivity contribution is 6.32. The summed E-state index contributed by atoms with van der Waals surface area (Å²) in [7, 11) is 1.62. The van der Waals surface area contributed by atoms with Crippen molar-refractivity contribution in [2.45, 2.75) is 24.8 Å². The number of halogens is 1. The number of hydrogen-bond donors (Lipinski definition) is 1. The minimum atomic E-state index is -0.325. The van der Waals surface area contributed by atoms with Gasteiger partial charge in [-0.3, -0.25) is 0 Å². The third-order valence-electron chi connectivity index (χ3n) is 3.33. The van der Waals surface area contributed by atoms with Crippen LogP contribution in [0.15, 0.2) is 18.2 Å². The van der Waals surface area contributed by atoms with Crippen molar-refractivity contribution in [3.05, 3.63) is 28.8 Å². The summed E-state index contributed by atoms with van der Waals surface area (Å²) in [6.07, 6.45) is 2.75. The molecule has 0 saturated carbocycles. The van der Waals surface area contributed by atoms with Crippen LogP contribution in [0.4, 0.5) is 0 Å². The maximum absolute atomic E-state index is 6.48. The normalized spacial score (nSPS) is 25.4. The average molecular weight is 256 g/mol. The Kier molecular flexibility index (Phi) is 3.92. The molecule has 0 bridgehead atoms. The first-order valence-electron chi connectivity index (χ1n) is 5.86. The molecule has 0 amide bonds. The van der Waals surface area contributed by atoms with E-state index in [-0.39, 0.29) is 5.54 Å². The van der Waals surface area contributed by atoms with E-state index in [2.05, 4.69) is 0 Å². The fourth-order valence-electron chi connectivity index (χ4n) is 2.23. The standard InChI is InChI=1S/C13H18ClNO2/c1-16-12-9-10(3-4-11(12)14)13(15)5-2-7-17-8-6-13/h3-4,9H,2,5-8,15H2,1H3. The van der Waals surface area contributed by atoms with Crippen LogP contribution in [0.2, 0.25) is 5.02 Å². The van der Waals surface area contributed by atoms with E-state index in [4.69, 9.17) is 26.8 Å². The van der Waals surface area contributed by atoms with Crippen molar-refractivity contribution in [1.29, 1.82) is 0 Å². The zero-order valence-corrected chi connectivity index (χ0v) is 10.8. The van der Waals surface area contributed by atoms with Crippen LogP contribution in [0.5, 0.6) is 5.75 Å². The number of nitrogens with two attached hydrogens (primary N) is 1. The van der Waals surface area contributed by atoms with Gasteiger partial charge in [0.2, 0.25) is 0 Å². The molecule has 0 radical (unpaired) electrons. The largest absolute Gasteiger partial charge is 0.495 e. The molecular weight excluding hydrogens is 238 g/mol. The van der Waals surface area contributed by atoms with Crippen molar-refractivity contribution in [2.24, 2.45) is 5.73 Å². The smallest absolute Gasteiger partial charge is 0.137 e. The van der Waals surface area contributed by atoms with E-state index in [1.807, 2.05) is 18.2 Å². The van der Waals surface area contributed by atoms with E-state index in [9.17, 15) is 0 Å². The minimum Gasteiger partial charge on any atom is -0.495 e. The van der Waals surface area contributed by atoms with Crippen LogP contribution in [-0.2, 0) is 10.3 Å². The average Bonchev–Trinajstić information content (AvgIpc) is 2.55. The fraction of sp³-hybridized carbons (Fsp3) is 0.538. The lowest BCUT2D eigenvalue weighted by Crippen LogP contribution is -2.36. The van der Waals surface area contributed by atoms with Crippen molar-refractivity contribution >= 4 is 11.6 Å². The minimum absolute atomic E-state index is 0.325. The first-order chi connectivity index (χ1) is 8.15. The summed E-state index contributed by atoms with van der Waals surface area (Å²) >= 11 is 6.02. The van der Waals surface area contributed by atoms with Crippen LogP contribution in [-0.4, -0.2) is 20.3 Å². The fourth-order valence-corrected chi connectivity index (χ4v) is 2.42. The van der Waals surface area contributed by atoms with Gasteiger partial charge in [-0.2, -0.15) is 0 Å². The Morgan fingerprint density at radius 1 is 1.35 bits per heavy atom. The van der Waals surface area contributed by atoms with Crippen molar-refractivity contribution in [3.8, 4) is 5.75 Å².